The number of carbonyl (C=O) groups is 1. The van der Waals surface area contributed by atoms with Crippen LogP contribution in [0.3, 0.4) is 0 Å². The molecular weight excluding hydrogens is 596 g/mol. The maximum atomic E-state index is 12.9. The van der Waals surface area contributed by atoms with Crippen molar-refractivity contribution in [3.8, 4) is 0 Å². The number of hydrogen-bond acceptors (Lipinski definition) is 5. The lowest BCUT2D eigenvalue weighted by atomic mass is 9.41. The highest BCUT2D eigenvalue weighted by molar-refractivity contribution is 7.90. The molecule has 0 spiro atoms. The Morgan fingerprint density at radius 1 is 0.913 bits per heavy atom. The Bertz CT molecular complexity index is 1330. The predicted molar refractivity (Wildman–Crippen MR) is 182 cm³/mol. The fourth-order valence-corrected chi connectivity index (χ4v) is 13.0. The van der Waals surface area contributed by atoms with Crippen molar-refractivity contribution in [1.29, 1.82) is 0 Å². The molecular formula is C38H60N2O5S. The van der Waals surface area contributed by atoms with Crippen LogP contribution in [0, 0.1) is 52.3 Å². The van der Waals surface area contributed by atoms with E-state index in [0.29, 0.717) is 48.0 Å². The lowest BCUT2D eigenvalue weighted by molar-refractivity contribution is -0.203. The van der Waals surface area contributed by atoms with Gasteiger partial charge in [0.1, 0.15) is 0 Å². The molecule has 1 aromatic rings. The summed E-state index contributed by atoms with van der Waals surface area (Å²) in [7, 11) is -3.94. The van der Waals surface area contributed by atoms with E-state index in [9.17, 15) is 23.4 Å². The van der Waals surface area contributed by atoms with E-state index in [-0.39, 0.29) is 33.9 Å². The van der Waals surface area contributed by atoms with Gasteiger partial charge < -0.3 is 15.5 Å². The summed E-state index contributed by atoms with van der Waals surface area (Å²) in [5.74, 6) is 3.40. The van der Waals surface area contributed by atoms with Crippen molar-refractivity contribution in [3.05, 3.63) is 29.8 Å². The molecule has 7 nitrogen and oxygen atoms in total. The predicted octanol–water partition coefficient (Wildman–Crippen LogP) is 7.38. The minimum Gasteiger partial charge on any atom is -0.393 e. The van der Waals surface area contributed by atoms with Gasteiger partial charge in [-0.15, -0.1) is 0 Å². The van der Waals surface area contributed by atoms with Crippen LogP contribution in [0.5, 0.6) is 0 Å². The van der Waals surface area contributed by atoms with Crippen LogP contribution in [0.2, 0.25) is 0 Å². The van der Waals surface area contributed by atoms with E-state index >= 15 is 0 Å². The van der Waals surface area contributed by atoms with Gasteiger partial charge in [-0.25, -0.2) is 17.9 Å². The monoisotopic (exact) mass is 656 g/mol. The quantitative estimate of drug-likeness (QED) is 0.233. The van der Waals surface area contributed by atoms with Crippen molar-refractivity contribution in [2.24, 2.45) is 52.3 Å². The average Bonchev–Trinajstić information content (AvgIpc) is 3.39. The summed E-state index contributed by atoms with van der Waals surface area (Å²) in [5, 5.41) is 25.3. The second-order valence-corrected chi connectivity index (χ2v) is 18.3. The van der Waals surface area contributed by atoms with Gasteiger partial charge in [0, 0.05) is 6.54 Å². The minimum atomic E-state index is -3.94. The maximum Gasteiger partial charge on any atom is 0.328 e. The molecule has 0 aromatic heterocycles. The molecule has 0 bridgehead atoms. The molecule has 5 aliphatic rings. The third kappa shape index (κ3) is 6.17. The van der Waals surface area contributed by atoms with Gasteiger partial charge in [0.05, 0.1) is 17.1 Å². The van der Waals surface area contributed by atoms with Gasteiger partial charge in [-0.2, -0.15) is 0 Å². The number of fused-ring (bicyclic) bond motifs is 5. The molecule has 0 heterocycles. The molecule has 5 fully saturated rings. The molecule has 5 saturated carbocycles. The number of aliphatic hydroxyl groups excluding tert-OH is 2. The van der Waals surface area contributed by atoms with Crippen molar-refractivity contribution in [2.45, 2.75) is 141 Å². The van der Waals surface area contributed by atoms with Crippen LogP contribution in [0.1, 0.15) is 129 Å². The third-order valence-electron chi connectivity index (χ3n) is 14.5. The van der Waals surface area contributed by atoms with Gasteiger partial charge in [0.2, 0.25) is 0 Å². The van der Waals surface area contributed by atoms with E-state index in [1.54, 1.807) is 12.1 Å². The van der Waals surface area contributed by atoms with Crippen LogP contribution in [-0.2, 0) is 10.0 Å². The highest BCUT2D eigenvalue weighted by Gasteiger charge is 2.64. The van der Waals surface area contributed by atoms with E-state index in [4.69, 9.17) is 0 Å². The van der Waals surface area contributed by atoms with Crippen molar-refractivity contribution in [1.82, 2.24) is 10.0 Å². The number of nitrogens with one attached hydrogen (secondary N) is 2. The zero-order valence-corrected chi connectivity index (χ0v) is 29.5. The molecule has 5 aliphatic carbocycles. The standard InChI is InChI=1S/C38H60N2O5S/c1-5-29-33-23-27(41)17-20-38(33,4)32-18-21-37(3)30(15-16-31(37)34(32)35(29)42)24(2)19-22-39-36(43)40-46(44,45)28-13-11-26(12-14-28)25-9-7-6-8-10-25/h11-14,24-25,27,29-35,41-42H,5-10,15-23H2,1-4H3,(H2,39,40,43)/t24-,27-,29-,30-,31+,32+,33+,34+,35-,37-,38-/m1/s1. The highest BCUT2D eigenvalue weighted by atomic mass is 32.2. The van der Waals surface area contributed by atoms with E-state index in [2.05, 4.69) is 37.7 Å². The number of carbonyl (C=O) groups excluding carboxylic acids is 1. The number of urea groups is 1. The lowest BCUT2D eigenvalue weighted by Crippen LogP contribution is -2.62. The van der Waals surface area contributed by atoms with Gasteiger partial charge in [0.25, 0.3) is 10.0 Å². The molecule has 0 unspecified atom stereocenters. The van der Waals surface area contributed by atoms with E-state index in [1.165, 1.54) is 31.2 Å². The van der Waals surface area contributed by atoms with Crippen LogP contribution in [-0.4, -0.2) is 43.4 Å². The summed E-state index contributed by atoms with van der Waals surface area (Å²) in [6.45, 7) is 9.90. The summed E-state index contributed by atoms with van der Waals surface area (Å²) in [6.07, 6.45) is 14.7. The van der Waals surface area contributed by atoms with Crippen LogP contribution in [0.4, 0.5) is 4.79 Å². The number of rotatable bonds is 8. The highest BCUT2D eigenvalue weighted by Crippen LogP contribution is 2.69. The average molecular weight is 657 g/mol. The number of amides is 2. The summed E-state index contributed by atoms with van der Waals surface area (Å²) >= 11 is 0. The SMILES string of the molecule is CC[C@H]1[C@@H](O)[C@@H]2[C@H](CC[C@]3(C)[C@@H]([C@H](C)CCNC(=O)NS(=O)(=O)c4ccc(C5CCCCC5)cc4)CC[C@@H]23)[C@@]2(C)CC[C@@H](O)C[C@@H]12. The number of benzene rings is 1. The summed E-state index contributed by atoms with van der Waals surface area (Å²) in [4.78, 5) is 12.8. The largest absolute Gasteiger partial charge is 0.393 e. The Kier molecular flexibility index (Phi) is 9.93. The Labute approximate surface area is 278 Å². The molecule has 6 rings (SSSR count). The Balaban J connectivity index is 1.04. The second-order valence-electron chi connectivity index (χ2n) is 16.7. The van der Waals surface area contributed by atoms with Crippen molar-refractivity contribution >= 4 is 16.1 Å². The fourth-order valence-electron chi connectivity index (χ4n) is 12.1. The van der Waals surface area contributed by atoms with Crippen LogP contribution in [0.25, 0.3) is 0 Å². The topological polar surface area (TPSA) is 116 Å². The normalized spacial score (nSPS) is 40.3. The maximum absolute atomic E-state index is 12.9. The van der Waals surface area contributed by atoms with Gasteiger partial charge in [-0.3, -0.25) is 0 Å². The molecule has 46 heavy (non-hydrogen) atoms. The first-order valence-corrected chi connectivity index (χ1v) is 20.1. The third-order valence-corrected chi connectivity index (χ3v) is 15.9. The molecule has 0 aliphatic heterocycles. The van der Waals surface area contributed by atoms with E-state index in [0.717, 1.165) is 64.2 Å². The molecule has 0 radical (unpaired) electrons. The Hall–Kier alpha value is -1.64. The lowest BCUT2D eigenvalue weighted by Gasteiger charge is -2.64. The van der Waals surface area contributed by atoms with E-state index in [1.807, 2.05) is 12.1 Å². The van der Waals surface area contributed by atoms with Crippen LogP contribution < -0.4 is 10.0 Å². The smallest absolute Gasteiger partial charge is 0.328 e. The first-order valence-electron chi connectivity index (χ1n) is 18.7. The number of aliphatic hydroxyl groups is 2. The summed E-state index contributed by atoms with van der Waals surface area (Å²) < 4.78 is 28.1. The Morgan fingerprint density at radius 3 is 2.28 bits per heavy atom. The van der Waals surface area contributed by atoms with Crippen molar-refractivity contribution < 1.29 is 23.4 Å². The minimum absolute atomic E-state index is 0.121. The zero-order valence-electron chi connectivity index (χ0n) is 28.7. The summed E-state index contributed by atoms with van der Waals surface area (Å²) in [5.41, 5.74) is 1.54. The van der Waals surface area contributed by atoms with Gasteiger partial charge >= 0.3 is 6.03 Å². The van der Waals surface area contributed by atoms with Gasteiger partial charge in [-0.1, -0.05) is 65.5 Å². The van der Waals surface area contributed by atoms with Crippen LogP contribution in [0.15, 0.2) is 29.2 Å². The Morgan fingerprint density at radius 2 is 1.59 bits per heavy atom. The molecule has 8 heteroatoms. The first-order chi connectivity index (χ1) is 21.9. The molecule has 11 atom stereocenters. The number of hydrogen-bond donors (Lipinski definition) is 4. The molecule has 4 N–H and O–H groups in total. The van der Waals surface area contributed by atoms with Gasteiger partial charge in [0.15, 0.2) is 0 Å². The van der Waals surface area contributed by atoms with Crippen molar-refractivity contribution in [3.63, 3.8) is 0 Å². The zero-order chi connectivity index (χ0) is 32.9. The molecule has 2 amide bonds. The first kappa shape index (κ1) is 34.2. The van der Waals surface area contributed by atoms with Crippen molar-refractivity contribution in [2.75, 3.05) is 6.54 Å². The molecule has 0 saturated heterocycles. The van der Waals surface area contributed by atoms with Gasteiger partial charge in [-0.05, 0) is 140 Å². The molecule has 1 aromatic carbocycles. The summed E-state index contributed by atoms with van der Waals surface area (Å²) in [6, 6.07) is 6.38. The second kappa shape index (κ2) is 13.3. The number of sulfonamides is 1. The van der Waals surface area contributed by atoms with E-state index < -0.39 is 16.1 Å². The van der Waals surface area contributed by atoms with Crippen LogP contribution >= 0.6 is 0 Å². The fraction of sp³-hybridized carbons (Fsp3) is 0.816. The molecule has 258 valence electrons.